The summed E-state index contributed by atoms with van der Waals surface area (Å²) in [5.74, 6) is -1.34. The van der Waals surface area contributed by atoms with Gasteiger partial charge >= 0.3 is 5.97 Å². The van der Waals surface area contributed by atoms with E-state index in [1.807, 2.05) is 24.3 Å². The van der Waals surface area contributed by atoms with Gasteiger partial charge in [0.25, 0.3) is 0 Å². The van der Waals surface area contributed by atoms with Gasteiger partial charge in [-0.05, 0) is 37.0 Å². The zero-order chi connectivity index (χ0) is 13.8. The monoisotopic (exact) mass is 325 g/mol. The van der Waals surface area contributed by atoms with Gasteiger partial charge in [-0.1, -0.05) is 28.1 Å². The van der Waals surface area contributed by atoms with Crippen molar-refractivity contribution in [2.75, 3.05) is 0 Å². The Bertz CT molecular complexity index is 472. The van der Waals surface area contributed by atoms with Crippen molar-refractivity contribution in [3.05, 3.63) is 34.3 Å². The molecular formula is C14H16BrNO3. The first kappa shape index (κ1) is 14.1. The average molecular weight is 326 g/mol. The summed E-state index contributed by atoms with van der Waals surface area (Å²) in [5, 5.41) is 11.8. The van der Waals surface area contributed by atoms with Gasteiger partial charge in [0.1, 0.15) is 0 Å². The Hall–Kier alpha value is -1.36. The van der Waals surface area contributed by atoms with Crippen molar-refractivity contribution in [1.82, 2.24) is 5.32 Å². The maximum Gasteiger partial charge on any atom is 0.306 e. The van der Waals surface area contributed by atoms with Crippen LogP contribution in [0.5, 0.6) is 0 Å². The van der Waals surface area contributed by atoms with E-state index in [9.17, 15) is 9.59 Å². The lowest BCUT2D eigenvalue weighted by Crippen LogP contribution is -2.29. The van der Waals surface area contributed by atoms with Crippen molar-refractivity contribution < 1.29 is 14.7 Å². The van der Waals surface area contributed by atoms with Crippen LogP contribution in [0, 0.1) is 11.8 Å². The highest BCUT2D eigenvalue weighted by Gasteiger charge is 2.33. The molecule has 5 heteroatoms. The first-order chi connectivity index (χ1) is 9.06. The lowest BCUT2D eigenvalue weighted by atomic mass is 10.0. The highest BCUT2D eigenvalue weighted by Crippen LogP contribution is 2.31. The number of carboxylic acids is 1. The minimum Gasteiger partial charge on any atom is -0.481 e. The van der Waals surface area contributed by atoms with E-state index in [-0.39, 0.29) is 17.7 Å². The molecule has 1 aliphatic carbocycles. The third-order valence-corrected chi connectivity index (χ3v) is 4.06. The molecule has 0 unspecified atom stereocenters. The van der Waals surface area contributed by atoms with Gasteiger partial charge in [-0.2, -0.15) is 0 Å². The predicted molar refractivity (Wildman–Crippen MR) is 74.5 cm³/mol. The highest BCUT2D eigenvalue weighted by molar-refractivity contribution is 9.10. The zero-order valence-electron chi connectivity index (χ0n) is 10.4. The van der Waals surface area contributed by atoms with Crippen molar-refractivity contribution in [3.8, 4) is 0 Å². The molecule has 0 heterocycles. The second kappa shape index (κ2) is 6.19. The van der Waals surface area contributed by atoms with Crippen LogP contribution in [-0.2, 0) is 16.1 Å². The van der Waals surface area contributed by atoms with Crippen LogP contribution in [0.2, 0.25) is 0 Å². The van der Waals surface area contributed by atoms with Gasteiger partial charge < -0.3 is 10.4 Å². The molecule has 102 valence electrons. The summed E-state index contributed by atoms with van der Waals surface area (Å²) in [7, 11) is 0. The number of nitrogens with one attached hydrogen (secondary N) is 1. The first-order valence-corrected chi connectivity index (χ1v) is 7.10. The van der Waals surface area contributed by atoms with Gasteiger partial charge in [0.05, 0.1) is 5.92 Å². The number of carbonyl (C=O) groups is 2. The largest absolute Gasteiger partial charge is 0.481 e. The average Bonchev–Trinajstić information content (AvgIpc) is 2.87. The smallest absolute Gasteiger partial charge is 0.306 e. The van der Waals surface area contributed by atoms with Crippen LogP contribution >= 0.6 is 15.9 Å². The van der Waals surface area contributed by atoms with Crippen LogP contribution < -0.4 is 5.32 Å². The number of carboxylic acid groups (broad SMARTS) is 1. The van der Waals surface area contributed by atoms with Crippen LogP contribution in [0.1, 0.15) is 24.8 Å². The summed E-state index contributed by atoms with van der Waals surface area (Å²) in [6.07, 6.45) is 1.73. The van der Waals surface area contributed by atoms with Crippen molar-refractivity contribution in [2.24, 2.45) is 11.8 Å². The number of hydrogen-bond acceptors (Lipinski definition) is 2. The fraction of sp³-hybridized carbons (Fsp3) is 0.429. The third-order valence-electron chi connectivity index (χ3n) is 3.53. The third kappa shape index (κ3) is 3.80. The molecule has 0 saturated heterocycles. The van der Waals surface area contributed by atoms with Gasteiger partial charge in [-0.25, -0.2) is 0 Å². The minimum absolute atomic E-state index is 0.0355. The van der Waals surface area contributed by atoms with Crippen LogP contribution in [0.15, 0.2) is 28.7 Å². The topological polar surface area (TPSA) is 66.4 Å². The molecule has 0 spiro atoms. The molecule has 1 fully saturated rings. The molecule has 1 aromatic rings. The summed E-state index contributed by atoms with van der Waals surface area (Å²) in [5.41, 5.74) is 1.03. The fourth-order valence-electron chi connectivity index (χ4n) is 2.38. The highest BCUT2D eigenvalue weighted by atomic mass is 79.9. The SMILES string of the molecule is O=C(O)[C@@H]1CC[C@H](C(=O)NCc2ccc(Br)cc2)C1. The summed E-state index contributed by atoms with van der Waals surface area (Å²) in [6.45, 7) is 0.486. The molecule has 1 amide bonds. The van der Waals surface area contributed by atoms with Gasteiger partial charge in [-0.15, -0.1) is 0 Å². The summed E-state index contributed by atoms with van der Waals surface area (Å²) in [4.78, 5) is 22.8. The molecule has 2 rings (SSSR count). The molecule has 0 radical (unpaired) electrons. The molecule has 2 atom stereocenters. The molecule has 19 heavy (non-hydrogen) atoms. The minimum atomic E-state index is -0.789. The maximum absolute atomic E-state index is 11.9. The van der Waals surface area contributed by atoms with E-state index in [1.54, 1.807) is 0 Å². The van der Waals surface area contributed by atoms with Crippen LogP contribution in [-0.4, -0.2) is 17.0 Å². The Kier molecular flexibility index (Phi) is 4.58. The standard InChI is InChI=1S/C14H16BrNO3/c15-12-5-1-9(2-6-12)8-16-13(17)10-3-4-11(7-10)14(18)19/h1-2,5-6,10-11H,3-4,7-8H2,(H,16,17)(H,18,19)/t10-,11+/m0/s1. The van der Waals surface area contributed by atoms with E-state index >= 15 is 0 Å². The normalized spacial score (nSPS) is 22.2. The number of amides is 1. The van der Waals surface area contributed by atoms with E-state index in [2.05, 4.69) is 21.2 Å². The molecule has 0 aromatic heterocycles. The molecule has 0 aliphatic heterocycles. The molecule has 2 N–H and O–H groups in total. The van der Waals surface area contributed by atoms with Gasteiger partial charge in [0.15, 0.2) is 0 Å². The van der Waals surface area contributed by atoms with Crippen molar-refractivity contribution >= 4 is 27.8 Å². The second-order valence-electron chi connectivity index (χ2n) is 4.89. The van der Waals surface area contributed by atoms with Crippen LogP contribution in [0.25, 0.3) is 0 Å². The van der Waals surface area contributed by atoms with Crippen molar-refractivity contribution in [3.63, 3.8) is 0 Å². The van der Waals surface area contributed by atoms with E-state index in [0.29, 0.717) is 25.8 Å². The van der Waals surface area contributed by atoms with E-state index < -0.39 is 5.97 Å². The lowest BCUT2D eigenvalue weighted by molar-refractivity contribution is -0.141. The Labute approximate surface area is 120 Å². The number of aliphatic carboxylic acids is 1. The van der Waals surface area contributed by atoms with E-state index in [1.165, 1.54) is 0 Å². The molecule has 1 aliphatic rings. The Balaban J connectivity index is 1.82. The Morgan fingerprint density at radius 3 is 2.42 bits per heavy atom. The van der Waals surface area contributed by atoms with Crippen molar-refractivity contribution in [1.29, 1.82) is 0 Å². The van der Waals surface area contributed by atoms with Crippen LogP contribution in [0.3, 0.4) is 0 Å². The number of benzene rings is 1. The predicted octanol–water partition coefficient (Wildman–Crippen LogP) is 2.57. The van der Waals surface area contributed by atoms with Gasteiger partial charge in [0, 0.05) is 16.9 Å². The quantitative estimate of drug-likeness (QED) is 0.894. The lowest BCUT2D eigenvalue weighted by Gasteiger charge is -2.10. The molecule has 1 aromatic carbocycles. The Morgan fingerprint density at radius 1 is 1.21 bits per heavy atom. The molecule has 0 bridgehead atoms. The first-order valence-electron chi connectivity index (χ1n) is 6.31. The van der Waals surface area contributed by atoms with E-state index in [4.69, 9.17) is 5.11 Å². The van der Waals surface area contributed by atoms with Crippen molar-refractivity contribution in [2.45, 2.75) is 25.8 Å². The summed E-state index contributed by atoms with van der Waals surface area (Å²) in [6, 6.07) is 7.74. The molecule has 4 nitrogen and oxygen atoms in total. The number of rotatable bonds is 4. The van der Waals surface area contributed by atoms with Crippen LogP contribution in [0.4, 0.5) is 0 Å². The summed E-state index contributed by atoms with van der Waals surface area (Å²) >= 11 is 3.36. The van der Waals surface area contributed by atoms with Gasteiger partial charge in [-0.3, -0.25) is 9.59 Å². The Morgan fingerprint density at radius 2 is 1.84 bits per heavy atom. The number of hydrogen-bond donors (Lipinski definition) is 2. The van der Waals surface area contributed by atoms with Gasteiger partial charge in [0.2, 0.25) is 5.91 Å². The second-order valence-corrected chi connectivity index (χ2v) is 5.81. The zero-order valence-corrected chi connectivity index (χ0v) is 12.0. The number of carbonyl (C=O) groups excluding carboxylic acids is 1. The summed E-state index contributed by atoms with van der Waals surface area (Å²) < 4.78 is 1.00. The number of halogens is 1. The fourth-order valence-corrected chi connectivity index (χ4v) is 2.64. The molecule has 1 saturated carbocycles. The van der Waals surface area contributed by atoms with E-state index in [0.717, 1.165) is 10.0 Å². The maximum atomic E-state index is 11.9. The molecular weight excluding hydrogens is 310 g/mol.